The highest BCUT2D eigenvalue weighted by molar-refractivity contribution is 5.92. The lowest BCUT2D eigenvalue weighted by Gasteiger charge is -2.18. The third-order valence-electron chi connectivity index (χ3n) is 2.72. The van der Waals surface area contributed by atoms with Gasteiger partial charge in [-0.25, -0.2) is 0 Å². The number of nitrogens with zero attached hydrogens (tertiary/aromatic N) is 1. The van der Waals surface area contributed by atoms with E-state index in [0.29, 0.717) is 5.69 Å². The van der Waals surface area contributed by atoms with Gasteiger partial charge < -0.3 is 10.4 Å². The van der Waals surface area contributed by atoms with Crippen molar-refractivity contribution >= 4 is 11.9 Å². The number of hydrogen-bond donors (Lipinski definition) is 2. The van der Waals surface area contributed by atoms with Crippen LogP contribution in [0.4, 0.5) is 0 Å². The highest BCUT2D eigenvalue weighted by atomic mass is 16.4. The van der Waals surface area contributed by atoms with E-state index < -0.39 is 12.0 Å². The number of carbonyl (C=O) groups excluding carboxylic acids is 1. The van der Waals surface area contributed by atoms with Crippen LogP contribution in [0.3, 0.4) is 0 Å². The second kappa shape index (κ2) is 5.82. The molecule has 104 valence electrons. The molecule has 0 aromatic carbocycles. The number of rotatable bonds is 4. The van der Waals surface area contributed by atoms with Gasteiger partial charge in [0.1, 0.15) is 5.69 Å². The van der Waals surface area contributed by atoms with Gasteiger partial charge in [0, 0.05) is 12.2 Å². The Morgan fingerprint density at radius 3 is 2.42 bits per heavy atom. The van der Waals surface area contributed by atoms with Gasteiger partial charge in [-0.2, -0.15) is 0 Å². The number of aliphatic carboxylic acids is 1. The Bertz CT molecular complexity index is 461. The minimum absolute atomic E-state index is 0.0153. The Morgan fingerprint density at radius 2 is 2.00 bits per heavy atom. The van der Waals surface area contributed by atoms with E-state index in [9.17, 15) is 9.59 Å². The minimum Gasteiger partial charge on any atom is -0.481 e. The van der Waals surface area contributed by atoms with Crippen LogP contribution in [0, 0.1) is 0 Å². The zero-order valence-corrected chi connectivity index (χ0v) is 11.7. The van der Waals surface area contributed by atoms with Crippen molar-refractivity contribution in [2.24, 2.45) is 0 Å². The van der Waals surface area contributed by atoms with E-state index in [-0.39, 0.29) is 17.7 Å². The summed E-state index contributed by atoms with van der Waals surface area (Å²) in [5.74, 6) is -1.29. The van der Waals surface area contributed by atoms with Crippen molar-refractivity contribution in [2.75, 3.05) is 0 Å². The minimum atomic E-state index is -0.941. The van der Waals surface area contributed by atoms with E-state index >= 15 is 0 Å². The largest absolute Gasteiger partial charge is 0.481 e. The normalized spacial score (nSPS) is 12.8. The third kappa shape index (κ3) is 4.69. The van der Waals surface area contributed by atoms with Gasteiger partial charge >= 0.3 is 5.97 Å². The summed E-state index contributed by atoms with van der Waals surface area (Å²) in [4.78, 5) is 26.5. The molecule has 5 heteroatoms. The molecule has 1 unspecified atom stereocenters. The van der Waals surface area contributed by atoms with Crippen molar-refractivity contribution < 1.29 is 14.7 Å². The lowest BCUT2D eigenvalue weighted by atomic mass is 9.88. The fraction of sp³-hybridized carbons (Fsp3) is 0.500. The molecule has 1 rings (SSSR count). The van der Waals surface area contributed by atoms with Crippen LogP contribution in [0.15, 0.2) is 18.3 Å². The highest BCUT2D eigenvalue weighted by Crippen LogP contribution is 2.20. The van der Waals surface area contributed by atoms with Crippen molar-refractivity contribution in [3.63, 3.8) is 0 Å². The van der Waals surface area contributed by atoms with Crippen LogP contribution in [0.2, 0.25) is 0 Å². The smallest absolute Gasteiger partial charge is 0.305 e. The zero-order valence-electron chi connectivity index (χ0n) is 11.7. The van der Waals surface area contributed by atoms with Crippen LogP contribution in [-0.2, 0) is 10.2 Å². The number of hydrogen-bond acceptors (Lipinski definition) is 3. The maximum Gasteiger partial charge on any atom is 0.305 e. The quantitative estimate of drug-likeness (QED) is 0.871. The van der Waals surface area contributed by atoms with E-state index in [4.69, 9.17) is 5.11 Å². The SMILES string of the molecule is CC(CC(=O)O)NC(=O)c1ccc(C(C)(C)C)cn1. The molecule has 1 atom stereocenters. The Kier molecular flexibility index (Phi) is 4.64. The average molecular weight is 264 g/mol. The molecular weight excluding hydrogens is 244 g/mol. The summed E-state index contributed by atoms with van der Waals surface area (Å²) in [7, 11) is 0. The Hall–Kier alpha value is -1.91. The average Bonchev–Trinajstić information content (AvgIpc) is 2.26. The molecule has 0 aliphatic rings. The molecule has 0 bridgehead atoms. The number of pyridine rings is 1. The van der Waals surface area contributed by atoms with Crippen molar-refractivity contribution in [1.29, 1.82) is 0 Å². The standard InChI is InChI=1S/C14H20N2O3/c1-9(7-12(17)18)16-13(19)11-6-5-10(8-15-11)14(2,3)4/h5-6,8-9H,7H2,1-4H3,(H,16,19)(H,17,18). The van der Waals surface area contributed by atoms with E-state index in [2.05, 4.69) is 31.1 Å². The van der Waals surface area contributed by atoms with E-state index in [1.807, 2.05) is 6.07 Å². The number of amides is 1. The second-order valence-electron chi connectivity index (χ2n) is 5.65. The monoisotopic (exact) mass is 264 g/mol. The summed E-state index contributed by atoms with van der Waals surface area (Å²) in [6, 6.07) is 3.10. The Balaban J connectivity index is 2.71. The number of carboxylic acids is 1. The molecule has 1 aromatic rings. The third-order valence-corrected chi connectivity index (χ3v) is 2.72. The van der Waals surface area contributed by atoms with Crippen LogP contribution in [0.5, 0.6) is 0 Å². The number of carboxylic acid groups (broad SMARTS) is 1. The van der Waals surface area contributed by atoms with Gasteiger partial charge in [-0.1, -0.05) is 26.8 Å². The molecule has 2 N–H and O–H groups in total. The molecule has 0 radical (unpaired) electrons. The topological polar surface area (TPSA) is 79.3 Å². The Labute approximate surface area is 113 Å². The highest BCUT2D eigenvalue weighted by Gasteiger charge is 2.16. The van der Waals surface area contributed by atoms with Crippen molar-refractivity contribution in [3.8, 4) is 0 Å². The second-order valence-corrected chi connectivity index (χ2v) is 5.65. The first-order valence-corrected chi connectivity index (χ1v) is 6.19. The number of aromatic nitrogens is 1. The maximum atomic E-state index is 11.8. The van der Waals surface area contributed by atoms with Crippen LogP contribution in [0.25, 0.3) is 0 Å². The molecule has 0 aliphatic heterocycles. The first-order valence-electron chi connectivity index (χ1n) is 6.19. The molecule has 0 fully saturated rings. The fourth-order valence-corrected chi connectivity index (χ4v) is 1.58. The van der Waals surface area contributed by atoms with Gasteiger partial charge in [0.2, 0.25) is 0 Å². The van der Waals surface area contributed by atoms with Crippen LogP contribution < -0.4 is 5.32 Å². The summed E-state index contributed by atoms with van der Waals surface area (Å²) in [5.41, 5.74) is 1.33. The van der Waals surface area contributed by atoms with Gasteiger partial charge in [0.15, 0.2) is 0 Å². The summed E-state index contributed by atoms with van der Waals surface area (Å²) in [6.07, 6.45) is 1.57. The summed E-state index contributed by atoms with van der Waals surface area (Å²) in [5, 5.41) is 11.2. The summed E-state index contributed by atoms with van der Waals surface area (Å²) < 4.78 is 0. The van der Waals surface area contributed by atoms with Crippen LogP contribution >= 0.6 is 0 Å². The molecule has 5 nitrogen and oxygen atoms in total. The van der Waals surface area contributed by atoms with E-state index in [1.54, 1.807) is 19.2 Å². The number of carbonyl (C=O) groups is 2. The molecule has 1 aromatic heterocycles. The molecule has 0 saturated heterocycles. The molecule has 1 heterocycles. The van der Waals surface area contributed by atoms with Crippen LogP contribution in [0.1, 0.15) is 50.2 Å². The lowest BCUT2D eigenvalue weighted by molar-refractivity contribution is -0.137. The molecular formula is C14H20N2O3. The molecule has 0 saturated carbocycles. The predicted molar refractivity (Wildman–Crippen MR) is 72.1 cm³/mol. The van der Waals surface area contributed by atoms with Gasteiger partial charge in [-0.3, -0.25) is 14.6 Å². The molecule has 19 heavy (non-hydrogen) atoms. The summed E-state index contributed by atoms with van der Waals surface area (Å²) >= 11 is 0. The van der Waals surface area contributed by atoms with E-state index in [0.717, 1.165) is 5.56 Å². The van der Waals surface area contributed by atoms with Crippen molar-refractivity contribution in [1.82, 2.24) is 10.3 Å². The molecule has 1 amide bonds. The van der Waals surface area contributed by atoms with Gasteiger partial charge in [-0.05, 0) is 24.0 Å². The lowest BCUT2D eigenvalue weighted by Crippen LogP contribution is -2.34. The van der Waals surface area contributed by atoms with Gasteiger partial charge in [0.05, 0.1) is 6.42 Å². The predicted octanol–water partition coefficient (Wildman–Crippen LogP) is 1.97. The molecule has 0 aliphatic carbocycles. The number of nitrogens with one attached hydrogen (secondary N) is 1. The van der Waals surface area contributed by atoms with Crippen LogP contribution in [-0.4, -0.2) is 28.0 Å². The Morgan fingerprint density at radius 1 is 1.37 bits per heavy atom. The van der Waals surface area contributed by atoms with Gasteiger partial charge in [-0.15, -0.1) is 0 Å². The fourth-order valence-electron chi connectivity index (χ4n) is 1.58. The van der Waals surface area contributed by atoms with Crippen molar-refractivity contribution in [3.05, 3.63) is 29.6 Å². The summed E-state index contributed by atoms with van der Waals surface area (Å²) in [6.45, 7) is 7.85. The van der Waals surface area contributed by atoms with E-state index in [1.165, 1.54) is 0 Å². The van der Waals surface area contributed by atoms with Gasteiger partial charge in [0.25, 0.3) is 5.91 Å². The van der Waals surface area contributed by atoms with Crippen molar-refractivity contribution in [2.45, 2.75) is 45.6 Å². The first-order chi connectivity index (χ1) is 8.70. The first kappa shape index (κ1) is 15.1. The maximum absolute atomic E-state index is 11.8. The molecule has 0 spiro atoms. The zero-order chi connectivity index (χ0) is 14.6.